The topological polar surface area (TPSA) is 67.9 Å². The Morgan fingerprint density at radius 2 is 1.76 bits per heavy atom. The van der Waals surface area contributed by atoms with E-state index in [-0.39, 0.29) is 24.8 Å². The number of carbonyl (C=O) groups excluding carboxylic acids is 2. The predicted molar refractivity (Wildman–Crippen MR) is 111 cm³/mol. The van der Waals surface area contributed by atoms with E-state index >= 15 is 0 Å². The summed E-state index contributed by atoms with van der Waals surface area (Å²) in [6.07, 6.45) is 0. The molecule has 0 saturated heterocycles. The summed E-state index contributed by atoms with van der Waals surface area (Å²) >= 11 is 12.5. The number of hydrogen-bond donors (Lipinski definition) is 1. The maximum Gasteiger partial charge on any atom is 0.338 e. The number of para-hydroxylation sites is 1. The van der Waals surface area contributed by atoms with Crippen molar-refractivity contribution in [2.45, 2.75) is 13.0 Å². The molecule has 1 aliphatic rings. The van der Waals surface area contributed by atoms with Gasteiger partial charge in [0.2, 0.25) is 0 Å². The highest BCUT2D eigenvalue weighted by Crippen LogP contribution is 2.35. The number of urea groups is 1. The van der Waals surface area contributed by atoms with E-state index in [9.17, 15) is 9.59 Å². The van der Waals surface area contributed by atoms with Crippen LogP contribution in [0.2, 0.25) is 10.0 Å². The minimum atomic E-state index is -0.767. The first kappa shape index (κ1) is 21.0. The van der Waals surface area contributed by atoms with Gasteiger partial charge in [0.25, 0.3) is 0 Å². The fraction of sp³-hybridized carbons (Fsp3) is 0.238. The molecule has 0 aliphatic carbocycles. The van der Waals surface area contributed by atoms with Gasteiger partial charge in [0.1, 0.15) is 12.4 Å². The van der Waals surface area contributed by atoms with Crippen LogP contribution in [-0.2, 0) is 9.53 Å². The molecule has 0 aromatic heterocycles. The van der Waals surface area contributed by atoms with Crippen LogP contribution in [0.5, 0.6) is 5.75 Å². The van der Waals surface area contributed by atoms with Crippen molar-refractivity contribution >= 4 is 35.2 Å². The summed E-state index contributed by atoms with van der Waals surface area (Å²) < 4.78 is 11.1. The smallest absolute Gasteiger partial charge is 0.338 e. The van der Waals surface area contributed by atoms with E-state index in [1.807, 2.05) is 0 Å². The van der Waals surface area contributed by atoms with Gasteiger partial charge in [-0.25, -0.2) is 9.59 Å². The van der Waals surface area contributed by atoms with Crippen molar-refractivity contribution in [2.24, 2.45) is 0 Å². The lowest BCUT2D eigenvalue weighted by atomic mass is 9.94. The van der Waals surface area contributed by atoms with Gasteiger partial charge in [0.05, 0.1) is 28.9 Å². The van der Waals surface area contributed by atoms with Gasteiger partial charge in [-0.1, -0.05) is 53.5 Å². The third-order valence-corrected chi connectivity index (χ3v) is 5.15. The zero-order chi connectivity index (χ0) is 21.0. The van der Waals surface area contributed by atoms with Gasteiger partial charge in [0, 0.05) is 12.1 Å². The highest BCUT2D eigenvalue weighted by Gasteiger charge is 2.37. The average molecular weight is 435 g/mol. The Balaban J connectivity index is 2.07. The van der Waals surface area contributed by atoms with E-state index in [4.69, 9.17) is 32.7 Å². The maximum atomic E-state index is 12.9. The van der Waals surface area contributed by atoms with Crippen molar-refractivity contribution in [1.82, 2.24) is 10.2 Å². The molecular formula is C21H20Cl2N2O4. The SMILES string of the molecule is CCOC(=O)C1=C(COc2ccccc2Cl)N(C)C(=O)NC1c1ccccc1Cl. The minimum absolute atomic E-state index is 0.0528. The monoisotopic (exact) mass is 434 g/mol. The zero-order valence-corrected chi connectivity index (χ0v) is 17.5. The van der Waals surface area contributed by atoms with E-state index in [0.717, 1.165) is 0 Å². The molecule has 152 valence electrons. The van der Waals surface area contributed by atoms with Crippen LogP contribution in [-0.4, -0.2) is 37.2 Å². The second kappa shape index (κ2) is 9.20. The largest absolute Gasteiger partial charge is 0.486 e. The Morgan fingerprint density at radius 1 is 1.10 bits per heavy atom. The molecule has 0 spiro atoms. The van der Waals surface area contributed by atoms with E-state index < -0.39 is 12.0 Å². The van der Waals surface area contributed by atoms with Crippen molar-refractivity contribution in [2.75, 3.05) is 20.3 Å². The van der Waals surface area contributed by atoms with Crippen LogP contribution in [0.25, 0.3) is 0 Å². The number of carbonyl (C=O) groups is 2. The van der Waals surface area contributed by atoms with Gasteiger partial charge in [-0.2, -0.15) is 0 Å². The number of benzene rings is 2. The average Bonchev–Trinajstić information content (AvgIpc) is 2.70. The van der Waals surface area contributed by atoms with Gasteiger partial charge in [-0.15, -0.1) is 0 Å². The van der Waals surface area contributed by atoms with Crippen LogP contribution < -0.4 is 10.1 Å². The molecule has 1 atom stereocenters. The number of halogens is 2. The lowest BCUT2D eigenvalue weighted by molar-refractivity contribution is -0.139. The van der Waals surface area contributed by atoms with Crippen LogP contribution in [0.1, 0.15) is 18.5 Å². The number of esters is 1. The number of ether oxygens (including phenoxy) is 2. The molecule has 0 fully saturated rings. The first-order valence-electron chi connectivity index (χ1n) is 9.00. The summed E-state index contributed by atoms with van der Waals surface area (Å²) in [4.78, 5) is 26.8. The summed E-state index contributed by atoms with van der Waals surface area (Å²) in [6, 6.07) is 12.8. The molecule has 1 heterocycles. The fourth-order valence-corrected chi connectivity index (χ4v) is 3.47. The molecule has 2 aromatic rings. The minimum Gasteiger partial charge on any atom is -0.486 e. The van der Waals surface area contributed by atoms with Crippen molar-refractivity contribution in [3.8, 4) is 5.75 Å². The lowest BCUT2D eigenvalue weighted by Crippen LogP contribution is -2.48. The number of nitrogens with zero attached hydrogens (tertiary/aromatic N) is 1. The number of nitrogens with one attached hydrogen (secondary N) is 1. The standard InChI is InChI=1S/C21H20Cl2N2O4/c1-3-28-20(26)18-16(12-29-17-11-7-6-10-15(17)23)25(2)21(27)24-19(18)13-8-4-5-9-14(13)22/h4-11,19H,3,12H2,1-2H3,(H,24,27). The summed E-state index contributed by atoms with van der Waals surface area (Å²) in [5.74, 6) is -0.111. The van der Waals surface area contributed by atoms with Crippen LogP contribution in [0.3, 0.4) is 0 Å². The molecule has 3 rings (SSSR count). The van der Waals surface area contributed by atoms with E-state index in [1.165, 1.54) is 4.90 Å². The predicted octanol–water partition coefficient (Wildman–Crippen LogP) is 4.59. The number of rotatable bonds is 6. The van der Waals surface area contributed by atoms with E-state index in [1.54, 1.807) is 62.5 Å². The Labute approximate surface area is 179 Å². The summed E-state index contributed by atoms with van der Waals surface area (Å²) in [5, 5.41) is 3.67. The Morgan fingerprint density at radius 3 is 2.41 bits per heavy atom. The molecule has 2 amide bonds. The highest BCUT2D eigenvalue weighted by molar-refractivity contribution is 6.32. The van der Waals surface area contributed by atoms with Crippen LogP contribution >= 0.6 is 23.2 Å². The van der Waals surface area contributed by atoms with Crippen LogP contribution in [0.15, 0.2) is 59.8 Å². The van der Waals surface area contributed by atoms with Crippen molar-refractivity contribution in [3.63, 3.8) is 0 Å². The van der Waals surface area contributed by atoms with Crippen molar-refractivity contribution in [3.05, 3.63) is 75.4 Å². The summed E-state index contributed by atoms with van der Waals surface area (Å²) in [6.45, 7) is 1.85. The molecule has 0 radical (unpaired) electrons. The van der Waals surface area contributed by atoms with Gasteiger partial charge in [0.15, 0.2) is 0 Å². The molecule has 0 saturated carbocycles. The third-order valence-electron chi connectivity index (χ3n) is 4.49. The first-order chi connectivity index (χ1) is 13.9. The highest BCUT2D eigenvalue weighted by atomic mass is 35.5. The zero-order valence-electron chi connectivity index (χ0n) is 15.9. The molecule has 1 unspecified atom stereocenters. The fourth-order valence-electron chi connectivity index (χ4n) is 3.03. The lowest BCUT2D eigenvalue weighted by Gasteiger charge is -2.34. The Bertz CT molecular complexity index is 961. The Kier molecular flexibility index (Phi) is 6.67. The van der Waals surface area contributed by atoms with E-state index in [2.05, 4.69) is 5.32 Å². The van der Waals surface area contributed by atoms with Gasteiger partial charge in [-0.3, -0.25) is 4.90 Å². The third kappa shape index (κ3) is 4.49. The second-order valence-electron chi connectivity index (χ2n) is 6.26. The second-order valence-corrected chi connectivity index (χ2v) is 7.08. The van der Waals surface area contributed by atoms with Crippen molar-refractivity contribution < 1.29 is 19.1 Å². The molecule has 1 N–H and O–H groups in total. The Hall–Kier alpha value is -2.70. The molecule has 2 aromatic carbocycles. The summed E-state index contributed by atoms with van der Waals surface area (Å²) in [7, 11) is 1.56. The molecular weight excluding hydrogens is 415 g/mol. The molecule has 8 heteroatoms. The molecule has 1 aliphatic heterocycles. The van der Waals surface area contributed by atoms with Crippen LogP contribution in [0, 0.1) is 0 Å². The van der Waals surface area contributed by atoms with Gasteiger partial charge in [-0.05, 0) is 30.7 Å². The van der Waals surface area contributed by atoms with Crippen molar-refractivity contribution in [1.29, 1.82) is 0 Å². The first-order valence-corrected chi connectivity index (χ1v) is 9.75. The number of hydrogen-bond acceptors (Lipinski definition) is 4. The van der Waals surface area contributed by atoms with Crippen LogP contribution in [0.4, 0.5) is 4.79 Å². The molecule has 29 heavy (non-hydrogen) atoms. The van der Waals surface area contributed by atoms with Gasteiger partial charge >= 0.3 is 12.0 Å². The number of likely N-dealkylation sites (N-methyl/N-ethyl adjacent to an activating group) is 1. The number of amides is 2. The quantitative estimate of drug-likeness (QED) is 0.675. The van der Waals surface area contributed by atoms with E-state index in [0.29, 0.717) is 27.1 Å². The summed E-state index contributed by atoms with van der Waals surface area (Å²) in [5.41, 5.74) is 1.22. The molecule has 6 nitrogen and oxygen atoms in total. The van der Waals surface area contributed by atoms with Gasteiger partial charge < -0.3 is 14.8 Å². The maximum absolute atomic E-state index is 12.9. The molecule has 0 bridgehead atoms. The normalized spacial score (nSPS) is 16.5.